The van der Waals surface area contributed by atoms with Gasteiger partial charge >= 0.3 is 15.2 Å². The molecule has 4 N–H and O–H groups in total. The number of rotatable bonds is 3. The molecule has 0 aliphatic rings. The minimum Gasteiger partial charge on any atom is -0.321 e. The van der Waals surface area contributed by atoms with E-state index in [0.29, 0.717) is 43.1 Å². The van der Waals surface area contributed by atoms with Crippen molar-refractivity contribution in [1.29, 1.82) is 0 Å². The fourth-order valence-corrected chi connectivity index (χ4v) is 7.41. The maximum absolute atomic E-state index is 12.7. The summed E-state index contributed by atoms with van der Waals surface area (Å²) in [5, 5.41) is 4.28. The van der Waals surface area contributed by atoms with Crippen molar-refractivity contribution in [2.24, 2.45) is 0 Å². The third-order valence-electron chi connectivity index (χ3n) is 6.64. The van der Waals surface area contributed by atoms with Crippen molar-refractivity contribution in [3.8, 4) is 11.1 Å². The molecule has 0 aliphatic carbocycles. The van der Waals surface area contributed by atoms with Crippen LogP contribution in [-0.2, 0) is 9.13 Å². The molecule has 178 valence electrons. The van der Waals surface area contributed by atoms with Crippen LogP contribution in [0.25, 0.3) is 54.2 Å². The lowest BCUT2D eigenvalue weighted by Gasteiger charge is -2.22. The summed E-state index contributed by atoms with van der Waals surface area (Å²) in [4.78, 5) is 41.4. The van der Waals surface area contributed by atoms with Crippen LogP contribution in [0.3, 0.4) is 0 Å². The highest BCUT2D eigenvalue weighted by Gasteiger charge is 2.30. The van der Waals surface area contributed by atoms with E-state index in [1.54, 1.807) is 48.5 Å². The van der Waals surface area contributed by atoms with E-state index in [-0.39, 0.29) is 10.6 Å². The topological polar surface area (TPSA) is 115 Å². The van der Waals surface area contributed by atoms with E-state index in [4.69, 9.17) is 0 Å². The molecule has 0 heterocycles. The van der Waals surface area contributed by atoms with Crippen molar-refractivity contribution in [3.05, 3.63) is 97.1 Å². The second kappa shape index (κ2) is 8.09. The molecule has 6 aromatic carbocycles. The van der Waals surface area contributed by atoms with Crippen molar-refractivity contribution in [3.63, 3.8) is 0 Å². The van der Waals surface area contributed by atoms with E-state index in [1.165, 1.54) is 0 Å². The zero-order valence-electron chi connectivity index (χ0n) is 18.7. The molecule has 0 spiro atoms. The Hall–Kier alpha value is -3.34. The third kappa shape index (κ3) is 3.43. The number of benzene rings is 6. The van der Waals surface area contributed by atoms with E-state index >= 15 is 0 Å². The summed E-state index contributed by atoms with van der Waals surface area (Å²) in [5.74, 6) is 0. The van der Waals surface area contributed by atoms with Crippen LogP contribution in [0.2, 0.25) is 0 Å². The fourth-order valence-electron chi connectivity index (χ4n) is 5.38. The monoisotopic (exact) mass is 514 g/mol. The van der Waals surface area contributed by atoms with E-state index in [9.17, 15) is 28.7 Å². The maximum Gasteiger partial charge on any atom is 0.357 e. The maximum atomic E-state index is 12.7. The van der Waals surface area contributed by atoms with Gasteiger partial charge in [-0.3, -0.25) is 9.13 Å². The highest BCUT2D eigenvalue weighted by Crippen LogP contribution is 2.49. The van der Waals surface area contributed by atoms with Gasteiger partial charge in [0.1, 0.15) is 0 Å². The highest BCUT2D eigenvalue weighted by molar-refractivity contribution is 7.61. The molecule has 0 aromatic heterocycles. The van der Waals surface area contributed by atoms with Crippen molar-refractivity contribution < 1.29 is 28.7 Å². The predicted octanol–water partition coefficient (Wildman–Crippen LogP) is 5.57. The van der Waals surface area contributed by atoms with Crippen LogP contribution in [0.1, 0.15) is 0 Å². The summed E-state index contributed by atoms with van der Waals surface area (Å²) in [6.45, 7) is 0. The molecule has 0 fully saturated rings. The lowest BCUT2D eigenvalue weighted by molar-refractivity contribution is 0.386. The minimum atomic E-state index is -4.65. The first-order valence-electron chi connectivity index (χ1n) is 11.2. The van der Waals surface area contributed by atoms with Gasteiger partial charge in [-0.25, -0.2) is 0 Å². The van der Waals surface area contributed by atoms with Gasteiger partial charge in [-0.05, 0) is 54.2 Å². The van der Waals surface area contributed by atoms with Gasteiger partial charge in [0.15, 0.2) is 0 Å². The molecule has 8 heteroatoms. The summed E-state index contributed by atoms with van der Waals surface area (Å²) in [6, 6.07) is 28.4. The van der Waals surface area contributed by atoms with Crippen molar-refractivity contribution >= 4 is 68.9 Å². The van der Waals surface area contributed by atoms with E-state index in [2.05, 4.69) is 0 Å². The molecular formula is C28H20O6P2. The van der Waals surface area contributed by atoms with Crippen LogP contribution in [0, 0.1) is 0 Å². The average molecular weight is 514 g/mol. The van der Waals surface area contributed by atoms with E-state index < -0.39 is 15.2 Å². The van der Waals surface area contributed by atoms with Gasteiger partial charge in [-0.1, -0.05) is 97.1 Å². The number of hydrogen-bond donors (Lipinski definition) is 4. The van der Waals surface area contributed by atoms with Crippen LogP contribution in [-0.4, -0.2) is 19.6 Å². The Balaban J connectivity index is 1.97. The summed E-state index contributed by atoms with van der Waals surface area (Å²) in [7, 11) is -9.30. The van der Waals surface area contributed by atoms with Gasteiger partial charge in [0, 0.05) is 0 Å². The predicted molar refractivity (Wildman–Crippen MR) is 145 cm³/mol. The highest BCUT2D eigenvalue weighted by atomic mass is 31.2. The van der Waals surface area contributed by atoms with Crippen molar-refractivity contribution in [2.45, 2.75) is 0 Å². The second-order valence-corrected chi connectivity index (χ2v) is 11.8. The second-order valence-electron chi connectivity index (χ2n) is 8.72. The van der Waals surface area contributed by atoms with Gasteiger partial charge in [0.05, 0.1) is 10.6 Å². The summed E-state index contributed by atoms with van der Waals surface area (Å²) in [5.41, 5.74) is 1.51. The molecule has 0 saturated carbocycles. The van der Waals surface area contributed by atoms with Gasteiger partial charge in [-0.2, -0.15) is 0 Å². The quantitative estimate of drug-likeness (QED) is 0.181. The largest absolute Gasteiger partial charge is 0.357 e. The van der Waals surface area contributed by atoms with Gasteiger partial charge in [-0.15, -0.1) is 0 Å². The summed E-state index contributed by atoms with van der Waals surface area (Å²) in [6.07, 6.45) is 0. The normalized spacial score (nSPS) is 12.7. The van der Waals surface area contributed by atoms with Gasteiger partial charge in [0.2, 0.25) is 0 Å². The molecule has 6 rings (SSSR count). The molecular weight excluding hydrogens is 494 g/mol. The molecule has 0 amide bonds. The lowest BCUT2D eigenvalue weighted by Crippen LogP contribution is -2.11. The first-order chi connectivity index (χ1) is 17.2. The molecule has 6 aromatic rings. The minimum absolute atomic E-state index is 0.0297. The number of hydrogen-bond acceptors (Lipinski definition) is 2. The number of fused-ring (bicyclic) bond motifs is 4. The molecule has 0 bridgehead atoms. The Morgan fingerprint density at radius 2 is 0.556 bits per heavy atom. The van der Waals surface area contributed by atoms with Crippen LogP contribution < -0.4 is 10.6 Å². The molecule has 0 unspecified atom stereocenters. The first kappa shape index (κ1) is 23.1. The Morgan fingerprint density at radius 1 is 0.361 bits per heavy atom. The SMILES string of the molecule is O=P(O)(O)c1c2ccccc2c(-c2c3ccccc3c(P(=O)(O)O)c3ccccc23)c2ccccc12. The Morgan fingerprint density at radius 3 is 0.750 bits per heavy atom. The smallest absolute Gasteiger partial charge is 0.321 e. The zero-order valence-corrected chi connectivity index (χ0v) is 20.5. The van der Waals surface area contributed by atoms with Crippen molar-refractivity contribution in [2.75, 3.05) is 0 Å². The van der Waals surface area contributed by atoms with Crippen LogP contribution in [0.5, 0.6) is 0 Å². The molecule has 36 heavy (non-hydrogen) atoms. The lowest BCUT2D eigenvalue weighted by atomic mass is 9.86. The van der Waals surface area contributed by atoms with Gasteiger partial charge < -0.3 is 19.6 Å². The van der Waals surface area contributed by atoms with Crippen LogP contribution in [0.15, 0.2) is 97.1 Å². The van der Waals surface area contributed by atoms with Crippen LogP contribution >= 0.6 is 15.2 Å². The zero-order chi connectivity index (χ0) is 25.2. The molecule has 0 radical (unpaired) electrons. The Kier molecular flexibility index (Phi) is 5.19. The van der Waals surface area contributed by atoms with E-state index in [0.717, 1.165) is 11.1 Å². The Bertz CT molecular complexity index is 1690. The fraction of sp³-hybridized carbons (Fsp3) is 0. The van der Waals surface area contributed by atoms with E-state index in [1.807, 2.05) is 48.5 Å². The van der Waals surface area contributed by atoms with Crippen LogP contribution in [0.4, 0.5) is 0 Å². The van der Waals surface area contributed by atoms with Gasteiger partial charge in [0.25, 0.3) is 0 Å². The summed E-state index contributed by atoms with van der Waals surface area (Å²) < 4.78 is 25.4. The summed E-state index contributed by atoms with van der Waals surface area (Å²) >= 11 is 0. The average Bonchev–Trinajstić information content (AvgIpc) is 2.84. The van der Waals surface area contributed by atoms with Crippen molar-refractivity contribution in [1.82, 2.24) is 0 Å². The third-order valence-corrected chi connectivity index (χ3v) is 8.77. The molecule has 6 nitrogen and oxygen atoms in total. The molecule has 0 aliphatic heterocycles. The Labute approximate surface area is 205 Å². The molecule has 0 saturated heterocycles. The first-order valence-corrected chi connectivity index (χ1v) is 14.4. The molecule has 0 atom stereocenters. The standard InChI is InChI=1S/C28H20O6P2/c29-35(30,31)27-21-13-5-1-9-17(21)25(18-10-2-6-14-22(18)27)26-19-11-3-7-15-23(19)28(36(32,33)34)24-16-8-4-12-20(24)26/h1-16H,(H2,29,30,31)(H2,32,33,34).